The molecule has 0 aliphatic heterocycles. The van der Waals surface area contributed by atoms with Gasteiger partial charge >= 0.3 is 5.69 Å². The van der Waals surface area contributed by atoms with Crippen LogP contribution in [0.5, 0.6) is 0 Å². The summed E-state index contributed by atoms with van der Waals surface area (Å²) in [6.07, 6.45) is 5.28. The third kappa shape index (κ3) is 3.83. The highest BCUT2D eigenvalue weighted by Gasteiger charge is 2.22. The smallest absolute Gasteiger partial charge is 0.333 e. The van der Waals surface area contributed by atoms with Crippen molar-refractivity contribution in [3.05, 3.63) is 70.8 Å². The lowest BCUT2D eigenvalue weighted by atomic mass is 10.0. The average Bonchev–Trinajstić information content (AvgIpc) is 3.09. The molecule has 0 saturated heterocycles. The average molecular weight is 470 g/mol. The molecule has 0 unspecified atom stereocenters. The Labute approximate surface area is 202 Å². The van der Waals surface area contributed by atoms with E-state index in [1.807, 2.05) is 38.1 Å². The number of aliphatic hydroxyl groups is 1. The molecule has 0 atom stereocenters. The summed E-state index contributed by atoms with van der Waals surface area (Å²) in [6.45, 7) is 7.96. The van der Waals surface area contributed by atoms with Crippen LogP contribution in [0.3, 0.4) is 0 Å². The topological polar surface area (TPSA) is 111 Å². The zero-order chi connectivity index (χ0) is 24.9. The number of imidazole rings is 1. The standard InChI is InChI=1S/C26H27N7O2/c1-6-27-24-29-12-17(13-30-24)16-7-8-19-18(11-16)23-21(14-28-19)32(5)25(34)33(23)20-9-10-22(26(3,4)35)31-15(20)2/h7-14,35H,6H2,1-5H3,(H,27,29,30). The Kier molecular flexibility index (Phi) is 5.36. The lowest BCUT2D eigenvalue weighted by molar-refractivity contribution is 0.0737. The Bertz CT molecular complexity index is 1630. The minimum Gasteiger partial charge on any atom is -0.384 e. The van der Waals surface area contributed by atoms with E-state index < -0.39 is 5.60 Å². The van der Waals surface area contributed by atoms with Gasteiger partial charge in [-0.25, -0.2) is 14.8 Å². The van der Waals surface area contributed by atoms with E-state index in [0.717, 1.165) is 34.1 Å². The first kappa shape index (κ1) is 22.7. The minimum absolute atomic E-state index is 0.195. The van der Waals surface area contributed by atoms with Crippen molar-refractivity contribution in [2.75, 3.05) is 11.9 Å². The Morgan fingerprint density at radius 1 is 1.03 bits per heavy atom. The molecule has 9 nitrogen and oxygen atoms in total. The number of fused-ring (bicyclic) bond motifs is 3. The highest BCUT2D eigenvalue weighted by atomic mass is 16.3. The van der Waals surface area contributed by atoms with Gasteiger partial charge in [0.05, 0.1) is 39.8 Å². The van der Waals surface area contributed by atoms with Gasteiger partial charge in [-0.3, -0.25) is 19.1 Å². The van der Waals surface area contributed by atoms with Gasteiger partial charge in [0.2, 0.25) is 5.95 Å². The van der Waals surface area contributed by atoms with Crippen molar-refractivity contribution in [1.29, 1.82) is 0 Å². The molecular formula is C26H27N7O2. The van der Waals surface area contributed by atoms with Crippen molar-refractivity contribution >= 4 is 27.9 Å². The molecule has 178 valence electrons. The fraction of sp³-hybridized carbons (Fsp3) is 0.269. The second-order valence-electron chi connectivity index (χ2n) is 9.09. The summed E-state index contributed by atoms with van der Waals surface area (Å²) >= 11 is 0. The lowest BCUT2D eigenvalue weighted by Gasteiger charge is -2.18. The molecule has 0 radical (unpaired) electrons. The van der Waals surface area contributed by atoms with Gasteiger partial charge < -0.3 is 10.4 Å². The number of nitrogens with zero attached hydrogens (tertiary/aromatic N) is 6. The summed E-state index contributed by atoms with van der Waals surface area (Å²) in [5.74, 6) is 0.579. The van der Waals surface area contributed by atoms with Crippen LogP contribution in [0.1, 0.15) is 32.2 Å². The Balaban J connectivity index is 1.76. The van der Waals surface area contributed by atoms with Gasteiger partial charge in [-0.2, -0.15) is 0 Å². The highest BCUT2D eigenvalue weighted by Crippen LogP contribution is 2.30. The second kappa shape index (κ2) is 8.28. The number of hydrogen-bond donors (Lipinski definition) is 2. The molecule has 35 heavy (non-hydrogen) atoms. The molecule has 0 aliphatic rings. The second-order valence-corrected chi connectivity index (χ2v) is 9.09. The van der Waals surface area contributed by atoms with E-state index in [-0.39, 0.29) is 5.69 Å². The maximum Gasteiger partial charge on any atom is 0.333 e. The van der Waals surface area contributed by atoms with Crippen LogP contribution in [-0.4, -0.2) is 40.7 Å². The number of nitrogens with one attached hydrogen (secondary N) is 1. The van der Waals surface area contributed by atoms with Crippen LogP contribution < -0.4 is 11.0 Å². The summed E-state index contributed by atoms with van der Waals surface area (Å²) in [5.41, 5.74) is 4.58. The van der Waals surface area contributed by atoms with Crippen LogP contribution in [-0.2, 0) is 12.6 Å². The largest absolute Gasteiger partial charge is 0.384 e. The van der Waals surface area contributed by atoms with Crippen molar-refractivity contribution in [3.8, 4) is 16.8 Å². The Hall–Kier alpha value is -4.11. The van der Waals surface area contributed by atoms with Gasteiger partial charge in [0, 0.05) is 36.9 Å². The van der Waals surface area contributed by atoms with Gasteiger partial charge in [-0.05, 0) is 57.5 Å². The maximum absolute atomic E-state index is 13.4. The Morgan fingerprint density at radius 3 is 2.43 bits per heavy atom. The van der Waals surface area contributed by atoms with Crippen LogP contribution in [0, 0.1) is 6.92 Å². The number of pyridine rings is 2. The predicted molar refractivity (Wildman–Crippen MR) is 137 cm³/mol. The molecule has 4 aromatic heterocycles. The molecule has 0 saturated carbocycles. The normalized spacial score (nSPS) is 11.9. The van der Waals surface area contributed by atoms with Gasteiger partial charge in [0.25, 0.3) is 0 Å². The molecule has 0 bridgehead atoms. The fourth-order valence-electron chi connectivity index (χ4n) is 4.26. The summed E-state index contributed by atoms with van der Waals surface area (Å²) in [7, 11) is 1.74. The molecular weight excluding hydrogens is 442 g/mol. The third-order valence-electron chi connectivity index (χ3n) is 6.13. The molecule has 0 aliphatic carbocycles. The van der Waals surface area contributed by atoms with E-state index in [1.165, 1.54) is 0 Å². The van der Waals surface area contributed by atoms with Crippen LogP contribution >= 0.6 is 0 Å². The first-order valence-electron chi connectivity index (χ1n) is 11.5. The van der Waals surface area contributed by atoms with Gasteiger partial charge in [-0.1, -0.05) is 6.07 Å². The van der Waals surface area contributed by atoms with Crippen LogP contribution in [0.25, 0.3) is 38.8 Å². The van der Waals surface area contributed by atoms with Crippen molar-refractivity contribution in [3.63, 3.8) is 0 Å². The van der Waals surface area contributed by atoms with E-state index in [9.17, 15) is 9.90 Å². The summed E-state index contributed by atoms with van der Waals surface area (Å²) in [5, 5.41) is 14.3. The molecule has 5 aromatic rings. The monoisotopic (exact) mass is 469 g/mol. The van der Waals surface area contributed by atoms with Crippen molar-refractivity contribution in [2.24, 2.45) is 7.05 Å². The first-order valence-corrected chi connectivity index (χ1v) is 11.5. The number of rotatable bonds is 5. The van der Waals surface area contributed by atoms with E-state index in [2.05, 4.69) is 25.3 Å². The number of hydrogen-bond acceptors (Lipinski definition) is 7. The van der Waals surface area contributed by atoms with Gasteiger partial charge in [0.1, 0.15) is 5.60 Å². The summed E-state index contributed by atoms with van der Waals surface area (Å²) < 4.78 is 3.26. The quantitative estimate of drug-likeness (QED) is 0.404. The maximum atomic E-state index is 13.4. The van der Waals surface area contributed by atoms with Crippen LogP contribution in [0.4, 0.5) is 5.95 Å². The summed E-state index contributed by atoms with van der Waals surface area (Å²) in [6, 6.07) is 9.52. The third-order valence-corrected chi connectivity index (χ3v) is 6.13. The molecule has 0 amide bonds. The number of benzene rings is 1. The number of anilines is 1. The number of aryl methyl sites for hydroxylation is 2. The van der Waals surface area contributed by atoms with Gasteiger partial charge in [0.15, 0.2) is 0 Å². The van der Waals surface area contributed by atoms with Crippen molar-refractivity contribution in [2.45, 2.75) is 33.3 Å². The first-order chi connectivity index (χ1) is 16.7. The Morgan fingerprint density at radius 2 is 1.77 bits per heavy atom. The lowest BCUT2D eigenvalue weighted by Crippen LogP contribution is -2.23. The van der Waals surface area contributed by atoms with Crippen molar-refractivity contribution < 1.29 is 5.11 Å². The molecule has 5 rings (SSSR count). The van der Waals surface area contributed by atoms with E-state index in [0.29, 0.717) is 28.5 Å². The SMILES string of the molecule is CCNc1ncc(-c2ccc3ncc4c(c3c2)n(-c2ccc(C(C)(C)O)nc2C)c(=O)n4C)cn1. The van der Waals surface area contributed by atoms with E-state index in [4.69, 9.17) is 0 Å². The zero-order valence-corrected chi connectivity index (χ0v) is 20.4. The van der Waals surface area contributed by atoms with E-state index in [1.54, 1.807) is 54.7 Å². The van der Waals surface area contributed by atoms with E-state index >= 15 is 0 Å². The fourth-order valence-corrected chi connectivity index (χ4v) is 4.26. The zero-order valence-electron chi connectivity index (χ0n) is 20.4. The number of aromatic nitrogens is 6. The van der Waals surface area contributed by atoms with Crippen molar-refractivity contribution in [1.82, 2.24) is 29.1 Å². The summed E-state index contributed by atoms with van der Waals surface area (Å²) in [4.78, 5) is 31.4. The molecule has 4 heterocycles. The highest BCUT2D eigenvalue weighted by molar-refractivity contribution is 6.04. The molecule has 9 heteroatoms. The van der Waals surface area contributed by atoms with Gasteiger partial charge in [-0.15, -0.1) is 0 Å². The minimum atomic E-state index is -1.08. The molecule has 0 fully saturated rings. The molecule has 1 aromatic carbocycles. The molecule has 2 N–H and O–H groups in total. The van der Waals surface area contributed by atoms with Crippen LogP contribution in [0.15, 0.2) is 53.7 Å². The predicted octanol–water partition coefficient (Wildman–Crippen LogP) is 3.70. The molecule has 0 spiro atoms. The van der Waals surface area contributed by atoms with Crippen LogP contribution in [0.2, 0.25) is 0 Å².